The number of hydrogen-bond acceptors (Lipinski definition) is 2. The zero-order chi connectivity index (χ0) is 9.14. The van der Waals surface area contributed by atoms with Gasteiger partial charge in [0.15, 0.2) is 0 Å². The van der Waals surface area contributed by atoms with E-state index in [0.717, 1.165) is 6.07 Å². The van der Waals surface area contributed by atoms with Crippen molar-refractivity contribution in [3.05, 3.63) is 29.6 Å². The number of primary amides is 1. The lowest BCUT2D eigenvalue weighted by Gasteiger charge is -2.01. The molecule has 0 unspecified atom stereocenters. The Labute approximate surface area is 68.9 Å². The molecular formula is C8H8FNO2. The number of hydrogen-bond donors (Lipinski definition) is 1. The molecule has 0 aliphatic carbocycles. The number of carbonyl (C=O) groups excluding carboxylic acids is 1. The molecule has 0 aliphatic heterocycles. The van der Waals surface area contributed by atoms with Gasteiger partial charge in [-0.3, -0.25) is 0 Å². The van der Waals surface area contributed by atoms with Crippen LogP contribution in [-0.4, -0.2) is 6.09 Å². The van der Waals surface area contributed by atoms with Crippen LogP contribution in [0.4, 0.5) is 9.18 Å². The highest BCUT2D eigenvalue weighted by atomic mass is 19.1. The van der Waals surface area contributed by atoms with Gasteiger partial charge in [0.1, 0.15) is 11.6 Å². The Morgan fingerprint density at radius 3 is 2.75 bits per heavy atom. The fourth-order valence-electron chi connectivity index (χ4n) is 0.753. The van der Waals surface area contributed by atoms with Gasteiger partial charge in [-0.25, -0.2) is 9.18 Å². The van der Waals surface area contributed by atoms with E-state index in [0.29, 0.717) is 5.56 Å². The molecule has 0 fully saturated rings. The first-order valence-corrected chi connectivity index (χ1v) is 3.33. The van der Waals surface area contributed by atoms with Gasteiger partial charge in [-0.15, -0.1) is 0 Å². The van der Waals surface area contributed by atoms with Crippen molar-refractivity contribution in [1.29, 1.82) is 0 Å². The maximum Gasteiger partial charge on any atom is 0.409 e. The van der Waals surface area contributed by atoms with Crippen LogP contribution in [0, 0.1) is 12.7 Å². The van der Waals surface area contributed by atoms with Crippen molar-refractivity contribution in [1.82, 2.24) is 0 Å². The van der Waals surface area contributed by atoms with Gasteiger partial charge in [-0.2, -0.15) is 0 Å². The van der Waals surface area contributed by atoms with Crippen LogP contribution in [0.2, 0.25) is 0 Å². The van der Waals surface area contributed by atoms with Crippen molar-refractivity contribution in [2.24, 2.45) is 5.73 Å². The largest absolute Gasteiger partial charge is 0.410 e. The van der Waals surface area contributed by atoms with Crippen molar-refractivity contribution < 1.29 is 13.9 Å². The molecule has 0 aromatic heterocycles. The molecule has 0 heterocycles. The molecule has 3 nitrogen and oxygen atoms in total. The molecule has 0 bridgehead atoms. The molecule has 12 heavy (non-hydrogen) atoms. The lowest BCUT2D eigenvalue weighted by atomic mass is 10.2. The van der Waals surface area contributed by atoms with Crippen LogP contribution in [0.3, 0.4) is 0 Å². The molecular weight excluding hydrogens is 161 g/mol. The molecule has 1 aromatic carbocycles. The van der Waals surface area contributed by atoms with Crippen LogP contribution in [0.1, 0.15) is 5.56 Å². The van der Waals surface area contributed by atoms with Crippen LogP contribution >= 0.6 is 0 Å². The summed E-state index contributed by atoms with van der Waals surface area (Å²) < 4.78 is 17.2. The predicted octanol–water partition coefficient (Wildman–Crippen LogP) is 1.59. The Kier molecular flexibility index (Phi) is 2.28. The van der Waals surface area contributed by atoms with Gasteiger partial charge in [0.25, 0.3) is 0 Å². The van der Waals surface area contributed by atoms with Gasteiger partial charge < -0.3 is 10.5 Å². The van der Waals surface area contributed by atoms with E-state index in [2.05, 4.69) is 4.74 Å². The Balaban J connectivity index is 2.89. The van der Waals surface area contributed by atoms with E-state index in [1.54, 1.807) is 6.92 Å². The van der Waals surface area contributed by atoms with E-state index in [-0.39, 0.29) is 5.75 Å². The minimum absolute atomic E-state index is 0.116. The highest BCUT2D eigenvalue weighted by Crippen LogP contribution is 2.15. The molecule has 0 aliphatic rings. The third-order valence-electron chi connectivity index (χ3n) is 1.36. The Morgan fingerprint density at radius 2 is 2.25 bits per heavy atom. The van der Waals surface area contributed by atoms with Crippen LogP contribution < -0.4 is 10.5 Å². The molecule has 1 aromatic rings. The maximum atomic E-state index is 12.8. The van der Waals surface area contributed by atoms with Crippen molar-refractivity contribution >= 4 is 6.09 Å². The molecule has 0 radical (unpaired) electrons. The number of rotatable bonds is 1. The third kappa shape index (κ3) is 1.95. The summed E-state index contributed by atoms with van der Waals surface area (Å²) in [6.07, 6.45) is -0.946. The second-order valence-electron chi connectivity index (χ2n) is 2.33. The normalized spacial score (nSPS) is 9.50. The van der Waals surface area contributed by atoms with Crippen LogP contribution in [0.5, 0.6) is 5.75 Å². The van der Waals surface area contributed by atoms with Crippen molar-refractivity contribution in [2.45, 2.75) is 6.92 Å². The summed E-state index contributed by atoms with van der Waals surface area (Å²) in [5.74, 6) is -0.306. The number of ether oxygens (including phenoxy) is 1. The maximum absolute atomic E-state index is 12.8. The molecule has 0 saturated heterocycles. The number of carbonyl (C=O) groups is 1. The number of aryl methyl sites for hydroxylation is 1. The third-order valence-corrected chi connectivity index (χ3v) is 1.36. The Morgan fingerprint density at radius 1 is 1.58 bits per heavy atom. The van der Waals surface area contributed by atoms with Crippen molar-refractivity contribution in [2.75, 3.05) is 0 Å². The fraction of sp³-hybridized carbons (Fsp3) is 0.125. The molecule has 4 heteroatoms. The van der Waals surface area contributed by atoms with Gasteiger partial charge in [0.05, 0.1) is 0 Å². The number of halogens is 1. The van der Waals surface area contributed by atoms with Crippen LogP contribution in [-0.2, 0) is 0 Å². The summed E-state index contributed by atoms with van der Waals surface area (Å²) in [6, 6.07) is 4.09. The first-order chi connectivity index (χ1) is 5.59. The van der Waals surface area contributed by atoms with E-state index in [1.165, 1.54) is 12.1 Å². The second-order valence-corrected chi connectivity index (χ2v) is 2.33. The van der Waals surface area contributed by atoms with E-state index in [1.807, 2.05) is 0 Å². The SMILES string of the molecule is Cc1ccc(OC(N)=O)cc1F. The minimum Gasteiger partial charge on any atom is -0.410 e. The smallest absolute Gasteiger partial charge is 0.409 e. The summed E-state index contributed by atoms with van der Waals surface area (Å²) in [5.41, 5.74) is 5.22. The molecule has 0 atom stereocenters. The summed E-state index contributed by atoms with van der Waals surface area (Å²) in [7, 11) is 0. The fourth-order valence-corrected chi connectivity index (χ4v) is 0.753. The van der Waals surface area contributed by atoms with E-state index in [9.17, 15) is 9.18 Å². The number of amides is 1. The van der Waals surface area contributed by atoms with E-state index < -0.39 is 11.9 Å². The highest BCUT2D eigenvalue weighted by molar-refractivity contribution is 5.68. The standard InChI is InChI=1S/C8H8FNO2/c1-5-2-3-6(4-7(5)9)12-8(10)11/h2-4H,1H3,(H2,10,11). The van der Waals surface area contributed by atoms with Gasteiger partial charge in [0, 0.05) is 6.07 Å². The quantitative estimate of drug-likeness (QED) is 0.694. The van der Waals surface area contributed by atoms with Crippen LogP contribution in [0.25, 0.3) is 0 Å². The molecule has 1 rings (SSSR count). The van der Waals surface area contributed by atoms with E-state index in [4.69, 9.17) is 5.73 Å². The zero-order valence-corrected chi connectivity index (χ0v) is 6.50. The van der Waals surface area contributed by atoms with Gasteiger partial charge in [0.2, 0.25) is 0 Å². The molecule has 64 valence electrons. The first kappa shape index (κ1) is 8.52. The topological polar surface area (TPSA) is 52.3 Å². The Bertz CT molecular complexity index is 312. The van der Waals surface area contributed by atoms with Gasteiger partial charge >= 0.3 is 6.09 Å². The lowest BCUT2D eigenvalue weighted by molar-refractivity contribution is 0.210. The van der Waals surface area contributed by atoms with Gasteiger partial charge in [-0.05, 0) is 18.6 Å². The Hall–Kier alpha value is -1.58. The summed E-state index contributed by atoms with van der Waals surface area (Å²) in [6.45, 7) is 1.61. The molecule has 1 amide bonds. The predicted molar refractivity (Wildman–Crippen MR) is 41.3 cm³/mol. The lowest BCUT2D eigenvalue weighted by Crippen LogP contribution is -2.16. The average molecular weight is 169 g/mol. The van der Waals surface area contributed by atoms with E-state index >= 15 is 0 Å². The zero-order valence-electron chi connectivity index (χ0n) is 6.50. The van der Waals surface area contributed by atoms with Crippen molar-refractivity contribution in [3.63, 3.8) is 0 Å². The highest BCUT2D eigenvalue weighted by Gasteiger charge is 2.01. The van der Waals surface area contributed by atoms with Crippen molar-refractivity contribution in [3.8, 4) is 5.75 Å². The summed E-state index contributed by atoms with van der Waals surface area (Å²) in [4.78, 5) is 10.2. The van der Waals surface area contributed by atoms with Gasteiger partial charge in [-0.1, -0.05) is 6.07 Å². The molecule has 0 saturated carbocycles. The average Bonchev–Trinajstić information content (AvgIpc) is 1.96. The summed E-state index contributed by atoms with van der Waals surface area (Å²) in [5, 5.41) is 0. The molecule has 0 spiro atoms. The first-order valence-electron chi connectivity index (χ1n) is 3.33. The second kappa shape index (κ2) is 3.21. The van der Waals surface area contributed by atoms with Crippen LogP contribution in [0.15, 0.2) is 18.2 Å². The summed E-state index contributed by atoms with van der Waals surface area (Å²) >= 11 is 0. The number of benzene rings is 1. The molecule has 2 N–H and O–H groups in total. The monoisotopic (exact) mass is 169 g/mol. The minimum atomic E-state index is -0.946. The number of nitrogens with two attached hydrogens (primary N) is 1.